The first-order chi connectivity index (χ1) is 19.7. The number of anilines is 1. The minimum absolute atomic E-state index is 0.0339. The molecule has 1 fully saturated rings. The predicted octanol–water partition coefficient (Wildman–Crippen LogP) is 2.05. The molecular formula is C29H30N6O6. The zero-order chi connectivity index (χ0) is 28.8. The number of carbonyl (C=O) groups is 2. The minimum Gasteiger partial charge on any atom is -0.463 e. The Balaban J connectivity index is 1.16. The zero-order valence-corrected chi connectivity index (χ0v) is 22.5. The first-order valence-electron chi connectivity index (χ1n) is 13.4. The molecular weight excluding hydrogens is 528 g/mol. The molecule has 0 spiro atoms. The van der Waals surface area contributed by atoms with E-state index < -0.39 is 36.0 Å². The standard InChI is InChI=1S/C29H30N6O6/c1-14(2)26(37)33-29-32-25-23(27(38)34-29)31-13-35(25)21-11-20(36)24(41-21)22(30)28(39)40-12-19-17-9-5-3-7-15(17)16-8-4-6-10-18(16)19/h3-10,13-14,19-22,24,36H,11-12,30H2,1-2H3,(H2,32,33,34,37,38)/t20?,21-,22?,24+/m1/s1. The van der Waals surface area contributed by atoms with Crippen molar-refractivity contribution in [3.05, 3.63) is 76.3 Å². The van der Waals surface area contributed by atoms with Crippen LogP contribution in [0.25, 0.3) is 22.3 Å². The molecule has 41 heavy (non-hydrogen) atoms. The van der Waals surface area contributed by atoms with E-state index in [1.54, 1.807) is 13.8 Å². The number of hydrogen-bond donors (Lipinski definition) is 4. The summed E-state index contributed by atoms with van der Waals surface area (Å²) in [6.07, 6.45) is -1.53. The molecule has 12 heteroatoms. The summed E-state index contributed by atoms with van der Waals surface area (Å²) in [6, 6.07) is 14.8. The number of ether oxygens (including phenoxy) is 2. The number of amides is 1. The van der Waals surface area contributed by atoms with Crippen molar-refractivity contribution in [3.8, 4) is 11.1 Å². The van der Waals surface area contributed by atoms with Crippen molar-refractivity contribution >= 4 is 29.0 Å². The van der Waals surface area contributed by atoms with E-state index in [4.69, 9.17) is 15.2 Å². The van der Waals surface area contributed by atoms with Crippen molar-refractivity contribution in [2.24, 2.45) is 11.7 Å². The number of H-pyrrole nitrogens is 1. The summed E-state index contributed by atoms with van der Waals surface area (Å²) in [5.41, 5.74) is 10.3. The van der Waals surface area contributed by atoms with Crippen molar-refractivity contribution in [1.82, 2.24) is 19.5 Å². The molecule has 0 bridgehead atoms. The maximum Gasteiger partial charge on any atom is 0.325 e. The van der Waals surface area contributed by atoms with Crippen LogP contribution in [0.15, 0.2) is 59.7 Å². The average molecular weight is 559 g/mol. The van der Waals surface area contributed by atoms with Crippen LogP contribution in [0.5, 0.6) is 0 Å². The molecule has 2 aromatic carbocycles. The van der Waals surface area contributed by atoms with Gasteiger partial charge in [-0.2, -0.15) is 4.98 Å². The molecule has 2 aliphatic rings. The van der Waals surface area contributed by atoms with Crippen LogP contribution in [0.2, 0.25) is 0 Å². The van der Waals surface area contributed by atoms with Crippen molar-refractivity contribution in [1.29, 1.82) is 0 Å². The van der Waals surface area contributed by atoms with E-state index in [2.05, 4.69) is 20.3 Å². The molecule has 4 atom stereocenters. The fourth-order valence-electron chi connectivity index (χ4n) is 5.46. The van der Waals surface area contributed by atoms with E-state index in [0.29, 0.717) is 0 Å². The number of benzene rings is 2. The number of esters is 1. The number of nitrogens with one attached hydrogen (secondary N) is 2. The molecule has 6 rings (SSSR count). The summed E-state index contributed by atoms with van der Waals surface area (Å²) in [6.45, 7) is 3.52. The lowest BCUT2D eigenvalue weighted by Gasteiger charge is -2.22. The fourth-order valence-corrected chi connectivity index (χ4v) is 5.46. The third kappa shape index (κ3) is 4.79. The normalized spacial score (nSPS) is 20.7. The number of hydrogen-bond acceptors (Lipinski definition) is 9. The summed E-state index contributed by atoms with van der Waals surface area (Å²) in [5.74, 6) is -1.50. The van der Waals surface area contributed by atoms with Gasteiger partial charge in [0.15, 0.2) is 11.2 Å². The average Bonchev–Trinajstić information content (AvgIpc) is 3.65. The first-order valence-corrected chi connectivity index (χ1v) is 13.4. The van der Waals surface area contributed by atoms with E-state index in [0.717, 1.165) is 22.3 Å². The minimum atomic E-state index is -1.26. The Hall–Kier alpha value is -4.39. The first kappa shape index (κ1) is 26.8. The monoisotopic (exact) mass is 558 g/mol. The van der Waals surface area contributed by atoms with Crippen molar-refractivity contribution in [2.75, 3.05) is 11.9 Å². The van der Waals surface area contributed by atoms with E-state index in [-0.39, 0.29) is 47.9 Å². The Morgan fingerprint density at radius 2 is 1.83 bits per heavy atom. The lowest BCUT2D eigenvalue weighted by Crippen LogP contribution is -2.47. The molecule has 1 amide bonds. The van der Waals surface area contributed by atoms with Crippen LogP contribution in [-0.2, 0) is 19.1 Å². The quantitative estimate of drug-likeness (QED) is 0.247. The summed E-state index contributed by atoms with van der Waals surface area (Å²) in [4.78, 5) is 48.7. The highest BCUT2D eigenvalue weighted by Crippen LogP contribution is 2.44. The van der Waals surface area contributed by atoms with Gasteiger partial charge >= 0.3 is 5.97 Å². The zero-order valence-electron chi connectivity index (χ0n) is 22.5. The van der Waals surface area contributed by atoms with Gasteiger partial charge in [-0.05, 0) is 22.3 Å². The number of nitrogens with zero attached hydrogens (tertiary/aromatic N) is 3. The molecule has 1 aliphatic heterocycles. The predicted molar refractivity (Wildman–Crippen MR) is 149 cm³/mol. The number of fused-ring (bicyclic) bond motifs is 4. The lowest BCUT2D eigenvalue weighted by molar-refractivity contribution is -0.151. The largest absolute Gasteiger partial charge is 0.463 e. The summed E-state index contributed by atoms with van der Waals surface area (Å²) in [5, 5.41) is 13.4. The molecule has 212 valence electrons. The Kier molecular flexibility index (Phi) is 6.89. The number of aromatic amines is 1. The maximum atomic E-state index is 13.1. The van der Waals surface area contributed by atoms with Crippen LogP contribution >= 0.6 is 0 Å². The topological polar surface area (TPSA) is 174 Å². The van der Waals surface area contributed by atoms with E-state index in [9.17, 15) is 19.5 Å². The Bertz CT molecular complexity index is 1650. The molecule has 5 N–H and O–H groups in total. The van der Waals surface area contributed by atoms with Crippen molar-refractivity contribution < 1.29 is 24.2 Å². The summed E-state index contributed by atoms with van der Waals surface area (Å²) in [7, 11) is 0. The molecule has 2 unspecified atom stereocenters. The fraction of sp³-hybridized carbons (Fsp3) is 0.345. The van der Waals surface area contributed by atoms with Crippen LogP contribution in [0.3, 0.4) is 0 Å². The van der Waals surface area contributed by atoms with Crippen LogP contribution < -0.4 is 16.6 Å². The highest BCUT2D eigenvalue weighted by Gasteiger charge is 2.43. The van der Waals surface area contributed by atoms with Gasteiger partial charge in [-0.25, -0.2) is 4.98 Å². The van der Waals surface area contributed by atoms with Gasteiger partial charge in [0.25, 0.3) is 5.56 Å². The SMILES string of the molecule is CC(C)C(=O)Nc1nc2c(ncn2[C@H]2CC(O)[C@@H](C(N)C(=O)OCC3c4ccccc4-c4ccccc43)O2)c(=O)[nH]1. The lowest BCUT2D eigenvalue weighted by atomic mass is 9.98. The van der Waals surface area contributed by atoms with Gasteiger partial charge in [0.05, 0.1) is 12.4 Å². The number of aromatic nitrogens is 4. The highest BCUT2D eigenvalue weighted by atomic mass is 16.6. The molecule has 0 radical (unpaired) electrons. The molecule has 4 aromatic rings. The van der Waals surface area contributed by atoms with Gasteiger partial charge in [0, 0.05) is 18.3 Å². The van der Waals surface area contributed by atoms with Gasteiger partial charge < -0.3 is 20.3 Å². The molecule has 0 saturated carbocycles. The summed E-state index contributed by atoms with van der Waals surface area (Å²) < 4.78 is 13.1. The van der Waals surface area contributed by atoms with E-state index >= 15 is 0 Å². The van der Waals surface area contributed by atoms with Crippen LogP contribution in [-0.4, -0.2) is 61.4 Å². The van der Waals surface area contributed by atoms with Gasteiger partial charge in [-0.3, -0.25) is 29.3 Å². The maximum absolute atomic E-state index is 13.1. The van der Waals surface area contributed by atoms with Crippen LogP contribution in [0.4, 0.5) is 5.95 Å². The van der Waals surface area contributed by atoms with Crippen LogP contribution in [0.1, 0.15) is 43.5 Å². The molecule has 3 heterocycles. The Labute approximate surface area is 234 Å². The van der Waals surface area contributed by atoms with Gasteiger partial charge in [0.1, 0.15) is 25.0 Å². The number of imidazole rings is 1. The summed E-state index contributed by atoms with van der Waals surface area (Å²) >= 11 is 0. The smallest absolute Gasteiger partial charge is 0.325 e. The second kappa shape index (κ2) is 10.5. The number of aliphatic hydroxyl groups is 1. The second-order valence-electron chi connectivity index (χ2n) is 10.6. The van der Waals surface area contributed by atoms with Crippen molar-refractivity contribution in [3.63, 3.8) is 0 Å². The molecule has 1 aliphatic carbocycles. The third-order valence-electron chi connectivity index (χ3n) is 7.63. The number of carbonyl (C=O) groups excluding carboxylic acids is 2. The van der Waals surface area contributed by atoms with Gasteiger partial charge in [0.2, 0.25) is 11.9 Å². The number of aliphatic hydroxyl groups excluding tert-OH is 1. The highest BCUT2D eigenvalue weighted by molar-refractivity contribution is 5.91. The Morgan fingerprint density at radius 3 is 2.49 bits per heavy atom. The van der Waals surface area contributed by atoms with E-state index in [1.165, 1.54) is 10.9 Å². The molecule has 2 aromatic heterocycles. The second-order valence-corrected chi connectivity index (χ2v) is 10.6. The number of nitrogens with two attached hydrogens (primary N) is 1. The van der Waals surface area contributed by atoms with Gasteiger partial charge in [-0.1, -0.05) is 62.4 Å². The van der Waals surface area contributed by atoms with E-state index in [1.807, 2.05) is 48.5 Å². The van der Waals surface area contributed by atoms with Crippen molar-refractivity contribution in [2.45, 2.75) is 50.7 Å². The third-order valence-corrected chi connectivity index (χ3v) is 7.63. The Morgan fingerprint density at radius 1 is 1.17 bits per heavy atom. The molecule has 1 saturated heterocycles. The van der Waals surface area contributed by atoms with Gasteiger partial charge in [-0.15, -0.1) is 0 Å². The van der Waals surface area contributed by atoms with Crippen LogP contribution in [0, 0.1) is 5.92 Å². The molecule has 12 nitrogen and oxygen atoms in total. The number of rotatable bonds is 7.